The Morgan fingerprint density at radius 1 is 0.357 bits per heavy atom. The number of benzene rings is 1. The standard InChI is InChI=1S/C25H36N2O3.C24H34N2O3.C23H31N5O6.C23H32N2O3.C15H23NO3/c1-20(22-13-5-2-6-14-22)24(28)27-17-8-7-15-23(27)25(29)30-18-9-3-4-11-21-12-10-16-26-19-21;1-19(21-12-3-2-4-13-21)23(27)26-16-7-5-14-22(26)24(28)29-17-8-6-10-20-11-9-15-25-18-20;1-15(16-7-3-2-4-8-16)22(29)27-13-6-5-9-19(27)23(30)33-14-12-24-17-10-11-18(28(31)32)21-20(17)25-34-26-21;1-18(20-11-3-2-4-12-20)22(26)25-15-6-5-13-21(25)23(27)28-16-8-10-19-9-7-14-24-17-19;1-11(12-7-3-2-4-8-12)14(17)16-10-6-5-9-13(16)15(18)19/h10,12,16,19,22-23H,1-9,11,13-15,17-18H2;9,11,15,18,21-22H,1-8,10,12-14,16-17H2;10-11,16,19,24-26H,1-9,12-14H2;7,9,14,17,20-21H,1-6,8,10-13,15-16H2;12-13H,1-10H2,(H,18,19). The number of nitro groups is 1. The Balaban J connectivity index is 0.000000169. The van der Waals surface area contributed by atoms with Gasteiger partial charge in [0.05, 0.1) is 30.4 Å². The average Bonchev–Trinajstić information content (AvgIpc) is 1.72. The number of piperidine rings is 5. The summed E-state index contributed by atoms with van der Waals surface area (Å²) in [6.45, 7) is 24.9. The molecule has 1 aromatic carbocycles. The van der Waals surface area contributed by atoms with Crippen LogP contribution >= 0.6 is 0 Å². The second-order valence-corrected chi connectivity index (χ2v) is 39.7. The SMILES string of the molecule is C=C(C(=O)N1CCCCC1C(=O)O)C1CCCCC1.C=C(C(=O)N1CCCCC1C(=O)OCCCCCc1cccnc1)C1CCCCC1.C=C(C(=O)N1CCCCC1C(=O)OCCCCc1cccnc1)C1CCCCC1.C=C(C(=O)N1CCCCC1C(=O)OCCCc1cccnc1)C1CCCCC1.C=C(C(=O)N1CCCCC1C(=O)OCCNc1ccc([N+](=O)[O-])c2c1NON2)C1CCCCC1. The minimum Gasteiger partial charge on any atom is -0.480 e. The van der Waals surface area contributed by atoms with Gasteiger partial charge in [-0.2, -0.15) is 4.94 Å². The Morgan fingerprint density at radius 2 is 0.636 bits per heavy atom. The summed E-state index contributed by atoms with van der Waals surface area (Å²) in [5, 5.41) is 23.4. The number of carbonyl (C=O) groups is 10. The molecule has 10 fully saturated rings. The molecule has 0 bridgehead atoms. The monoisotopic (exact) mass is 1930 g/mol. The molecule has 30 heteroatoms. The van der Waals surface area contributed by atoms with Crippen LogP contribution in [0.5, 0.6) is 0 Å². The van der Waals surface area contributed by atoms with Crippen LogP contribution in [0, 0.1) is 39.7 Å². The maximum absolute atomic E-state index is 13.1. The number of carboxylic acids is 1. The summed E-state index contributed by atoms with van der Waals surface area (Å²) in [4.78, 5) is 163. The van der Waals surface area contributed by atoms with Crippen LogP contribution in [0.3, 0.4) is 0 Å². The third-order valence-corrected chi connectivity index (χ3v) is 29.9. The summed E-state index contributed by atoms with van der Waals surface area (Å²) in [5.41, 5.74) is 13.0. The van der Waals surface area contributed by atoms with Gasteiger partial charge in [-0.15, -0.1) is 0 Å². The molecule has 5 saturated carbocycles. The van der Waals surface area contributed by atoms with Crippen molar-refractivity contribution in [1.29, 1.82) is 0 Å². The lowest BCUT2D eigenvalue weighted by Crippen LogP contribution is -2.49. The maximum atomic E-state index is 13.1. The molecule has 15 rings (SSSR count). The number of esters is 4. The lowest BCUT2D eigenvalue weighted by molar-refractivity contribution is -0.384. The largest absolute Gasteiger partial charge is 0.480 e. The van der Waals surface area contributed by atoms with Crippen molar-refractivity contribution < 1.29 is 81.9 Å². The number of hydrogen-bond acceptors (Lipinski definition) is 23. The van der Waals surface area contributed by atoms with E-state index in [0.29, 0.717) is 124 Å². The van der Waals surface area contributed by atoms with Gasteiger partial charge in [0.2, 0.25) is 29.5 Å². The number of ether oxygens (including phenoxy) is 4. The lowest BCUT2D eigenvalue weighted by Gasteiger charge is -2.36. The van der Waals surface area contributed by atoms with Crippen molar-refractivity contribution in [3.63, 3.8) is 0 Å². The zero-order valence-electron chi connectivity index (χ0n) is 83.0. The molecule has 3 aromatic heterocycles. The highest BCUT2D eigenvalue weighted by Crippen LogP contribution is 2.43. The van der Waals surface area contributed by atoms with Crippen molar-refractivity contribution in [3.8, 4) is 0 Å². The molecule has 5 aliphatic carbocycles. The van der Waals surface area contributed by atoms with E-state index in [1.165, 1.54) is 92.7 Å². The van der Waals surface area contributed by atoms with Crippen molar-refractivity contribution in [3.05, 3.63) is 173 Å². The topological polar surface area (TPSA) is 371 Å². The average molecular weight is 1930 g/mol. The fourth-order valence-electron chi connectivity index (χ4n) is 21.6. The number of amides is 5. The number of unbranched alkanes of at least 4 members (excludes halogenated alkanes) is 3. The van der Waals surface area contributed by atoms with Gasteiger partial charge in [-0.25, -0.2) is 34.9 Å². The Kier molecular flexibility index (Phi) is 46.0. The van der Waals surface area contributed by atoms with Crippen molar-refractivity contribution in [2.75, 3.05) is 82.0 Å². The summed E-state index contributed by atoms with van der Waals surface area (Å²) in [6.07, 6.45) is 59.6. The molecule has 764 valence electrons. The number of anilines is 3. The number of nitro benzene ring substituents is 1. The highest BCUT2D eigenvalue weighted by Gasteiger charge is 2.43. The van der Waals surface area contributed by atoms with Crippen molar-refractivity contribution in [2.45, 2.75) is 345 Å². The summed E-state index contributed by atoms with van der Waals surface area (Å²) in [7, 11) is 0. The third-order valence-electron chi connectivity index (χ3n) is 29.9. The first-order valence-electron chi connectivity index (χ1n) is 52.9. The van der Waals surface area contributed by atoms with Crippen LogP contribution in [-0.4, -0.2) is 205 Å². The summed E-state index contributed by atoms with van der Waals surface area (Å²) < 4.78 is 22.1. The van der Waals surface area contributed by atoms with E-state index in [9.17, 15) is 63.2 Å². The number of aliphatic carboxylic acids is 1. The molecule has 5 amide bonds. The van der Waals surface area contributed by atoms with E-state index in [1.54, 1.807) is 44.3 Å². The number of carbonyl (C=O) groups excluding carboxylic acids is 9. The Labute approximate surface area is 828 Å². The van der Waals surface area contributed by atoms with E-state index >= 15 is 0 Å². The van der Waals surface area contributed by atoms with Gasteiger partial charge in [0, 0.05) is 110 Å². The van der Waals surface area contributed by atoms with E-state index < -0.39 is 47.1 Å². The molecule has 5 atom stereocenters. The summed E-state index contributed by atoms with van der Waals surface area (Å²) >= 11 is 0. The van der Waals surface area contributed by atoms with Crippen molar-refractivity contribution in [2.24, 2.45) is 29.6 Å². The first kappa shape index (κ1) is 109. The highest BCUT2D eigenvalue weighted by molar-refractivity contribution is 5.99. The van der Waals surface area contributed by atoms with Crippen LogP contribution in [0.25, 0.3) is 0 Å². The number of carboxylic acid groups (broad SMARTS) is 1. The summed E-state index contributed by atoms with van der Waals surface area (Å²) in [6, 6.07) is 12.3. The molecule has 9 heterocycles. The fraction of sp³-hybridized carbons (Fsp3) is 0.627. The Morgan fingerprint density at radius 3 is 0.950 bits per heavy atom. The molecule has 5 unspecified atom stereocenters. The van der Waals surface area contributed by atoms with Crippen molar-refractivity contribution in [1.82, 2.24) is 39.5 Å². The molecule has 11 aliphatic rings. The molecule has 30 nitrogen and oxygen atoms in total. The Hall–Kier alpha value is -11.2. The van der Waals surface area contributed by atoms with Crippen LogP contribution in [0.1, 0.15) is 312 Å². The van der Waals surface area contributed by atoms with E-state index in [2.05, 4.69) is 76.3 Å². The van der Waals surface area contributed by atoms with Crippen LogP contribution in [0.15, 0.2) is 146 Å². The zero-order chi connectivity index (χ0) is 99.3. The van der Waals surface area contributed by atoms with E-state index in [0.717, 1.165) is 217 Å². The van der Waals surface area contributed by atoms with Crippen LogP contribution < -0.4 is 16.3 Å². The van der Waals surface area contributed by atoms with Gasteiger partial charge < -0.3 is 53.9 Å². The van der Waals surface area contributed by atoms with Crippen LogP contribution in [-0.2, 0) is 91.1 Å². The quantitative estimate of drug-likeness (QED) is 0.00830. The predicted molar refractivity (Wildman–Crippen MR) is 538 cm³/mol. The van der Waals surface area contributed by atoms with Gasteiger partial charge in [-0.3, -0.25) is 49.0 Å². The minimum absolute atomic E-state index is 0.0278. The van der Waals surface area contributed by atoms with Gasteiger partial charge in [-0.1, -0.05) is 147 Å². The number of pyridine rings is 3. The van der Waals surface area contributed by atoms with Crippen LogP contribution in [0.2, 0.25) is 0 Å². The number of hydrogen-bond donors (Lipinski definition) is 4. The molecule has 140 heavy (non-hydrogen) atoms. The van der Waals surface area contributed by atoms with E-state index in [1.807, 2.05) is 42.9 Å². The third kappa shape index (κ3) is 33.2. The molecule has 5 saturated heterocycles. The predicted octanol–water partition coefficient (Wildman–Crippen LogP) is 19.7. The number of aromatic nitrogens is 3. The van der Waals surface area contributed by atoms with Gasteiger partial charge >= 0.3 is 29.8 Å². The molecule has 4 N–H and O–H groups in total. The number of aryl methyl sites for hydroxylation is 3. The second-order valence-electron chi connectivity index (χ2n) is 39.7. The number of fused-ring (bicyclic) bond motifs is 1. The number of nitrogens with zero attached hydrogens (tertiary/aromatic N) is 9. The van der Waals surface area contributed by atoms with E-state index in [4.69, 9.17) is 23.9 Å². The zero-order valence-corrected chi connectivity index (χ0v) is 83.0. The van der Waals surface area contributed by atoms with Crippen LogP contribution in [0.4, 0.5) is 22.7 Å². The number of nitrogens with one attached hydrogen (secondary N) is 3. The highest BCUT2D eigenvalue weighted by atomic mass is 16.8. The number of rotatable bonds is 35. The molecule has 6 aliphatic heterocycles. The van der Waals surface area contributed by atoms with Gasteiger partial charge in [0.25, 0.3) is 5.69 Å². The van der Waals surface area contributed by atoms with Gasteiger partial charge in [-0.05, 0) is 289 Å². The lowest BCUT2D eigenvalue weighted by atomic mass is 9.83. The smallest absolute Gasteiger partial charge is 0.328 e. The molecule has 0 spiro atoms. The Bertz CT molecular complexity index is 4720. The minimum atomic E-state index is -0.885. The molecule has 0 radical (unpaired) electrons. The van der Waals surface area contributed by atoms with Gasteiger partial charge in [0.15, 0.2) is 5.69 Å². The summed E-state index contributed by atoms with van der Waals surface area (Å²) in [5.74, 6) is -1.10. The van der Waals surface area contributed by atoms with Crippen molar-refractivity contribution >= 4 is 82.1 Å². The maximum Gasteiger partial charge on any atom is 0.328 e. The molecular weight excluding hydrogens is 1780 g/mol. The van der Waals surface area contributed by atoms with Gasteiger partial charge in [0.1, 0.15) is 42.5 Å². The molecular formula is C110H156N12O18. The number of likely N-dealkylation sites (tertiary alicyclic amines) is 5. The molecule has 4 aromatic rings. The fourth-order valence-corrected chi connectivity index (χ4v) is 21.6. The van der Waals surface area contributed by atoms with E-state index in [-0.39, 0.29) is 102 Å². The first-order chi connectivity index (χ1) is 68.1. The normalized spacial score (nSPS) is 20.9. The second kappa shape index (κ2) is 58.9. The first-order valence-corrected chi connectivity index (χ1v) is 52.9.